The molecule has 0 saturated heterocycles. The van der Waals surface area contributed by atoms with Gasteiger partial charge in [0.05, 0.1) is 0 Å². The number of anilines is 1. The minimum Gasteiger partial charge on any atom is -0.337 e. The summed E-state index contributed by atoms with van der Waals surface area (Å²) in [5.74, 6) is 0.512. The molecule has 1 aromatic carbocycles. The van der Waals surface area contributed by atoms with Crippen LogP contribution in [0.1, 0.15) is 46.2 Å². The first-order valence-corrected chi connectivity index (χ1v) is 7.58. The maximum Gasteiger partial charge on any atom is 0.319 e. The summed E-state index contributed by atoms with van der Waals surface area (Å²) in [6, 6.07) is 8.00. The number of hydrogen-bond acceptors (Lipinski definition) is 2. The van der Waals surface area contributed by atoms with E-state index in [1.54, 1.807) is 0 Å². The van der Waals surface area contributed by atoms with Crippen molar-refractivity contribution in [1.82, 2.24) is 10.6 Å². The van der Waals surface area contributed by atoms with Gasteiger partial charge in [-0.1, -0.05) is 39.8 Å². The number of rotatable bonds is 6. The van der Waals surface area contributed by atoms with Crippen molar-refractivity contribution >= 4 is 11.7 Å². The van der Waals surface area contributed by atoms with Gasteiger partial charge in [0.1, 0.15) is 0 Å². The highest BCUT2D eigenvalue weighted by atomic mass is 16.2. The molecule has 0 aliphatic carbocycles. The van der Waals surface area contributed by atoms with E-state index < -0.39 is 0 Å². The number of urea groups is 1. The lowest BCUT2D eigenvalue weighted by atomic mass is 9.81. The Morgan fingerprint density at radius 1 is 1.24 bits per heavy atom. The fourth-order valence-corrected chi connectivity index (χ4v) is 1.74. The van der Waals surface area contributed by atoms with Crippen molar-refractivity contribution in [3.8, 4) is 0 Å². The summed E-state index contributed by atoms with van der Waals surface area (Å²) in [4.78, 5) is 12.0. The Hall–Kier alpha value is -1.55. The fraction of sp³-hybridized carbons (Fsp3) is 0.588. The minimum absolute atomic E-state index is 0.0832. The average Bonchev–Trinajstić information content (AvgIpc) is 2.44. The average molecular weight is 291 g/mol. The van der Waals surface area contributed by atoms with Crippen molar-refractivity contribution in [2.75, 3.05) is 18.9 Å². The number of carbonyl (C=O) groups excluding carboxylic acids is 1. The Morgan fingerprint density at radius 2 is 1.90 bits per heavy atom. The molecule has 0 aliphatic heterocycles. The molecule has 0 radical (unpaired) electrons. The van der Waals surface area contributed by atoms with Crippen molar-refractivity contribution in [2.45, 2.75) is 40.7 Å². The number of carbonyl (C=O) groups is 1. The third-order valence-corrected chi connectivity index (χ3v) is 4.35. The number of nitrogens with one attached hydrogen (secondary N) is 3. The van der Waals surface area contributed by atoms with Gasteiger partial charge < -0.3 is 16.0 Å². The van der Waals surface area contributed by atoms with Crippen LogP contribution in [-0.4, -0.2) is 19.6 Å². The molecule has 21 heavy (non-hydrogen) atoms. The lowest BCUT2D eigenvalue weighted by Gasteiger charge is -2.29. The molecule has 1 atom stereocenters. The molecule has 0 aliphatic rings. The van der Waals surface area contributed by atoms with E-state index in [0.29, 0.717) is 12.5 Å². The number of benzene rings is 1. The van der Waals surface area contributed by atoms with Gasteiger partial charge in [0.15, 0.2) is 0 Å². The molecule has 0 fully saturated rings. The number of hydrogen-bond donors (Lipinski definition) is 3. The second kappa shape index (κ2) is 7.46. The van der Waals surface area contributed by atoms with Crippen LogP contribution < -0.4 is 16.0 Å². The second-order valence-corrected chi connectivity index (χ2v) is 6.59. The zero-order valence-electron chi connectivity index (χ0n) is 14.1. The highest BCUT2D eigenvalue weighted by Crippen LogP contribution is 2.24. The van der Waals surface area contributed by atoms with E-state index in [1.165, 1.54) is 0 Å². The van der Waals surface area contributed by atoms with Crippen molar-refractivity contribution in [2.24, 2.45) is 11.3 Å². The summed E-state index contributed by atoms with van der Waals surface area (Å²) in [6.45, 7) is 11.4. The molecule has 1 rings (SSSR count). The Labute approximate surface area is 128 Å². The van der Waals surface area contributed by atoms with Gasteiger partial charge in [-0.05, 0) is 43.0 Å². The highest BCUT2D eigenvalue weighted by Gasteiger charge is 2.22. The largest absolute Gasteiger partial charge is 0.337 e. The molecule has 0 bridgehead atoms. The van der Waals surface area contributed by atoms with Crippen molar-refractivity contribution in [3.63, 3.8) is 0 Å². The topological polar surface area (TPSA) is 53.2 Å². The normalized spacial score (nSPS) is 13.1. The van der Waals surface area contributed by atoms with Crippen LogP contribution in [0.25, 0.3) is 0 Å². The fourth-order valence-electron chi connectivity index (χ4n) is 1.74. The van der Waals surface area contributed by atoms with Crippen LogP contribution in [0.15, 0.2) is 24.3 Å². The predicted molar refractivity (Wildman–Crippen MR) is 89.6 cm³/mol. The molecule has 1 aromatic rings. The first-order valence-electron chi connectivity index (χ1n) is 7.58. The monoisotopic (exact) mass is 291 g/mol. The standard InChI is InChI=1S/C17H29N3O/c1-12(2)17(4,5)11-19-16(21)20-15-9-7-8-14(10-15)13(3)18-6/h7-10,12-13,18H,11H2,1-6H3,(H2,19,20,21). The van der Waals surface area contributed by atoms with Crippen LogP contribution in [0.2, 0.25) is 0 Å². The smallest absolute Gasteiger partial charge is 0.319 e. The van der Waals surface area contributed by atoms with Gasteiger partial charge in [-0.25, -0.2) is 4.79 Å². The minimum atomic E-state index is -0.155. The third kappa shape index (κ3) is 5.38. The van der Waals surface area contributed by atoms with E-state index >= 15 is 0 Å². The van der Waals surface area contributed by atoms with Gasteiger partial charge in [-0.15, -0.1) is 0 Å². The van der Waals surface area contributed by atoms with Gasteiger partial charge >= 0.3 is 6.03 Å². The van der Waals surface area contributed by atoms with Gasteiger partial charge in [-0.2, -0.15) is 0 Å². The number of amides is 2. The molecular formula is C17H29N3O. The molecule has 0 spiro atoms. The quantitative estimate of drug-likeness (QED) is 0.747. The Balaban J connectivity index is 2.59. The van der Waals surface area contributed by atoms with Crippen molar-refractivity contribution in [3.05, 3.63) is 29.8 Å². The predicted octanol–water partition coefficient (Wildman–Crippen LogP) is 3.77. The summed E-state index contributed by atoms with van der Waals surface area (Å²) < 4.78 is 0. The summed E-state index contributed by atoms with van der Waals surface area (Å²) in [5.41, 5.74) is 2.05. The van der Waals surface area contributed by atoms with Crippen LogP contribution in [0, 0.1) is 11.3 Å². The van der Waals surface area contributed by atoms with E-state index in [1.807, 2.05) is 31.3 Å². The molecule has 1 unspecified atom stereocenters. The van der Waals surface area contributed by atoms with E-state index in [2.05, 4.69) is 50.6 Å². The van der Waals surface area contributed by atoms with Crippen LogP contribution in [0.5, 0.6) is 0 Å². The maximum absolute atomic E-state index is 12.0. The maximum atomic E-state index is 12.0. The van der Waals surface area contributed by atoms with E-state index in [9.17, 15) is 4.79 Å². The van der Waals surface area contributed by atoms with Crippen molar-refractivity contribution in [1.29, 1.82) is 0 Å². The van der Waals surface area contributed by atoms with Crippen LogP contribution >= 0.6 is 0 Å². The molecule has 118 valence electrons. The Morgan fingerprint density at radius 3 is 2.48 bits per heavy atom. The first kappa shape index (κ1) is 17.5. The molecule has 4 nitrogen and oxygen atoms in total. The molecule has 3 N–H and O–H groups in total. The van der Waals surface area contributed by atoms with Gasteiger partial charge in [0.25, 0.3) is 0 Å². The lowest BCUT2D eigenvalue weighted by Crippen LogP contribution is -2.39. The molecule has 0 heterocycles. The molecule has 0 saturated carbocycles. The first-order chi connectivity index (χ1) is 9.76. The van der Waals surface area contributed by atoms with Crippen LogP contribution in [-0.2, 0) is 0 Å². The lowest BCUT2D eigenvalue weighted by molar-refractivity contribution is 0.223. The summed E-state index contributed by atoms with van der Waals surface area (Å²) in [5, 5.41) is 9.04. The Kier molecular flexibility index (Phi) is 6.21. The molecule has 4 heteroatoms. The second-order valence-electron chi connectivity index (χ2n) is 6.59. The zero-order valence-corrected chi connectivity index (χ0v) is 14.1. The summed E-state index contributed by atoms with van der Waals surface area (Å²) >= 11 is 0. The SMILES string of the molecule is CNC(C)c1cccc(NC(=O)NCC(C)(C)C(C)C)c1. The molecule has 2 amide bonds. The van der Waals surface area contributed by atoms with Gasteiger partial charge in [0, 0.05) is 18.3 Å². The van der Waals surface area contributed by atoms with Crippen LogP contribution in [0.3, 0.4) is 0 Å². The van der Waals surface area contributed by atoms with E-state index in [4.69, 9.17) is 0 Å². The van der Waals surface area contributed by atoms with Gasteiger partial charge in [-0.3, -0.25) is 0 Å². The van der Waals surface area contributed by atoms with E-state index in [0.717, 1.165) is 11.3 Å². The van der Waals surface area contributed by atoms with Crippen molar-refractivity contribution < 1.29 is 4.79 Å². The third-order valence-electron chi connectivity index (χ3n) is 4.35. The van der Waals surface area contributed by atoms with E-state index in [-0.39, 0.29) is 17.5 Å². The summed E-state index contributed by atoms with van der Waals surface area (Å²) in [6.07, 6.45) is 0. The molecular weight excluding hydrogens is 262 g/mol. The Bertz CT molecular complexity index is 469. The van der Waals surface area contributed by atoms with Crippen LogP contribution in [0.4, 0.5) is 10.5 Å². The van der Waals surface area contributed by atoms with Gasteiger partial charge in [0.2, 0.25) is 0 Å². The highest BCUT2D eigenvalue weighted by molar-refractivity contribution is 5.89. The zero-order chi connectivity index (χ0) is 16.0. The summed E-state index contributed by atoms with van der Waals surface area (Å²) in [7, 11) is 1.92. The molecule has 0 aromatic heterocycles.